The molecule has 3 nitrogen and oxygen atoms in total. The van der Waals surface area contributed by atoms with Gasteiger partial charge in [-0.3, -0.25) is 4.98 Å². The van der Waals surface area contributed by atoms with E-state index in [-0.39, 0.29) is 0 Å². The summed E-state index contributed by atoms with van der Waals surface area (Å²) in [5.41, 5.74) is 8.02. The molecule has 0 saturated heterocycles. The summed E-state index contributed by atoms with van der Waals surface area (Å²) in [6, 6.07) is 4.04. The van der Waals surface area contributed by atoms with Crippen molar-refractivity contribution < 1.29 is 0 Å². The van der Waals surface area contributed by atoms with Crippen LogP contribution >= 0.6 is 11.8 Å². The number of thioether (sulfide) groups is 1. The van der Waals surface area contributed by atoms with E-state index in [0.717, 1.165) is 6.42 Å². The predicted molar refractivity (Wildman–Crippen MR) is 59.6 cm³/mol. The first kappa shape index (κ1) is 9.55. The second-order valence-corrected chi connectivity index (χ2v) is 4.26. The summed E-state index contributed by atoms with van der Waals surface area (Å²) in [7, 11) is 0. The van der Waals surface area contributed by atoms with Crippen LogP contribution in [0.3, 0.4) is 0 Å². The minimum Gasteiger partial charge on any atom is -0.375 e. The van der Waals surface area contributed by atoms with Crippen molar-refractivity contribution in [3.05, 3.63) is 41.2 Å². The Bertz CT molecular complexity index is 323. The molecule has 2 rings (SSSR count). The number of nitrogens with zero attached hydrogens (tertiary/aromatic N) is 1. The highest BCUT2D eigenvalue weighted by molar-refractivity contribution is 8.03. The molecule has 3 N–H and O–H groups in total. The molecule has 1 aromatic rings. The number of allylic oxidation sites excluding steroid dienone is 1. The molecule has 1 atom stereocenters. The molecule has 0 radical (unpaired) electrons. The average molecular weight is 207 g/mol. The topological polar surface area (TPSA) is 50.9 Å². The van der Waals surface area contributed by atoms with E-state index in [1.54, 1.807) is 18.0 Å². The summed E-state index contributed by atoms with van der Waals surface area (Å²) in [6.07, 6.45) is 4.59. The molecule has 0 aromatic carbocycles. The van der Waals surface area contributed by atoms with Gasteiger partial charge in [-0.1, -0.05) is 6.07 Å². The van der Waals surface area contributed by atoms with E-state index in [2.05, 4.69) is 21.8 Å². The van der Waals surface area contributed by atoms with Crippen LogP contribution in [0.5, 0.6) is 0 Å². The van der Waals surface area contributed by atoms with Crippen LogP contribution < -0.4 is 11.1 Å². The van der Waals surface area contributed by atoms with Crippen molar-refractivity contribution in [3.63, 3.8) is 0 Å². The lowest BCUT2D eigenvalue weighted by Crippen LogP contribution is -2.29. The lowest BCUT2D eigenvalue weighted by Gasteiger charge is -2.09. The molecule has 0 aliphatic carbocycles. The second kappa shape index (κ2) is 4.48. The van der Waals surface area contributed by atoms with Gasteiger partial charge in [0.25, 0.3) is 0 Å². The Morgan fingerprint density at radius 1 is 1.57 bits per heavy atom. The van der Waals surface area contributed by atoms with Crippen molar-refractivity contribution in [1.29, 1.82) is 0 Å². The largest absolute Gasteiger partial charge is 0.375 e. The maximum absolute atomic E-state index is 5.56. The quantitative estimate of drug-likeness (QED) is 0.779. The Balaban J connectivity index is 1.94. The molecule has 4 heteroatoms. The number of aromatic nitrogens is 1. The zero-order valence-corrected chi connectivity index (χ0v) is 8.63. The number of pyridine rings is 1. The van der Waals surface area contributed by atoms with E-state index in [9.17, 15) is 0 Å². The van der Waals surface area contributed by atoms with E-state index in [0.29, 0.717) is 11.9 Å². The Kier molecular flexibility index (Phi) is 3.06. The minimum absolute atomic E-state index is 0.349. The van der Waals surface area contributed by atoms with Crippen molar-refractivity contribution in [3.8, 4) is 0 Å². The molecule has 14 heavy (non-hydrogen) atoms. The van der Waals surface area contributed by atoms with Crippen LogP contribution in [-0.2, 0) is 6.42 Å². The van der Waals surface area contributed by atoms with E-state index < -0.39 is 0 Å². The molecular formula is C10H13N3S. The SMILES string of the molecule is NCC1NC(Cc2cccnc2)=CS1. The van der Waals surface area contributed by atoms with Crippen LogP contribution in [0.2, 0.25) is 0 Å². The maximum Gasteiger partial charge on any atom is 0.0884 e. The predicted octanol–water partition coefficient (Wildman–Crippen LogP) is 1.09. The average Bonchev–Trinajstić information content (AvgIpc) is 2.67. The second-order valence-electron chi connectivity index (χ2n) is 3.19. The van der Waals surface area contributed by atoms with Gasteiger partial charge in [0.15, 0.2) is 0 Å². The van der Waals surface area contributed by atoms with Gasteiger partial charge in [-0.25, -0.2) is 0 Å². The molecule has 1 aromatic heterocycles. The number of rotatable bonds is 3. The number of nitrogens with one attached hydrogen (secondary N) is 1. The van der Waals surface area contributed by atoms with E-state index in [1.807, 2.05) is 12.3 Å². The van der Waals surface area contributed by atoms with Crippen LogP contribution in [0.25, 0.3) is 0 Å². The molecule has 0 fully saturated rings. The van der Waals surface area contributed by atoms with Crippen LogP contribution in [-0.4, -0.2) is 16.9 Å². The molecule has 0 bridgehead atoms. The summed E-state index contributed by atoms with van der Waals surface area (Å²) in [4.78, 5) is 4.08. The number of nitrogens with two attached hydrogens (primary N) is 1. The van der Waals surface area contributed by atoms with Gasteiger partial charge in [0.05, 0.1) is 5.37 Å². The molecule has 2 heterocycles. The molecule has 0 spiro atoms. The van der Waals surface area contributed by atoms with Crippen molar-refractivity contribution >= 4 is 11.8 Å². The summed E-state index contributed by atoms with van der Waals surface area (Å²) in [5, 5.41) is 5.85. The van der Waals surface area contributed by atoms with E-state index in [1.165, 1.54) is 11.3 Å². The first-order valence-electron chi connectivity index (χ1n) is 4.58. The zero-order valence-electron chi connectivity index (χ0n) is 7.81. The fourth-order valence-electron chi connectivity index (χ4n) is 1.37. The van der Waals surface area contributed by atoms with Gasteiger partial charge in [0.1, 0.15) is 0 Å². The van der Waals surface area contributed by atoms with Crippen molar-refractivity contribution in [2.24, 2.45) is 5.73 Å². The molecule has 1 aliphatic heterocycles. The van der Waals surface area contributed by atoms with E-state index in [4.69, 9.17) is 5.73 Å². The third-order valence-electron chi connectivity index (χ3n) is 2.05. The highest BCUT2D eigenvalue weighted by Crippen LogP contribution is 2.21. The molecular weight excluding hydrogens is 194 g/mol. The van der Waals surface area contributed by atoms with Crippen LogP contribution in [0, 0.1) is 0 Å². The van der Waals surface area contributed by atoms with Crippen molar-refractivity contribution in [2.45, 2.75) is 11.8 Å². The first-order chi connectivity index (χ1) is 6.88. The zero-order chi connectivity index (χ0) is 9.80. The molecule has 1 unspecified atom stereocenters. The van der Waals surface area contributed by atoms with Crippen molar-refractivity contribution in [1.82, 2.24) is 10.3 Å². The lowest BCUT2D eigenvalue weighted by atomic mass is 10.2. The highest BCUT2D eigenvalue weighted by Gasteiger charge is 2.14. The monoisotopic (exact) mass is 207 g/mol. The van der Waals surface area contributed by atoms with Crippen LogP contribution in [0.15, 0.2) is 35.6 Å². The summed E-state index contributed by atoms with van der Waals surface area (Å²) >= 11 is 1.75. The molecule has 1 aliphatic rings. The molecule has 0 amide bonds. The van der Waals surface area contributed by atoms with Gasteiger partial charge in [0, 0.05) is 31.1 Å². The summed E-state index contributed by atoms with van der Waals surface area (Å²) in [6.45, 7) is 0.664. The number of hydrogen-bond acceptors (Lipinski definition) is 4. The van der Waals surface area contributed by atoms with Gasteiger partial charge in [0.2, 0.25) is 0 Å². The fourth-order valence-corrected chi connectivity index (χ4v) is 2.18. The third kappa shape index (κ3) is 2.27. The van der Waals surface area contributed by atoms with Crippen LogP contribution in [0.4, 0.5) is 0 Å². The van der Waals surface area contributed by atoms with Gasteiger partial charge < -0.3 is 11.1 Å². The first-order valence-corrected chi connectivity index (χ1v) is 5.53. The summed E-state index contributed by atoms with van der Waals surface area (Å²) in [5.74, 6) is 0. The smallest absolute Gasteiger partial charge is 0.0884 e. The normalized spacial score (nSPS) is 20.4. The Hall–Kier alpha value is -1.00. The van der Waals surface area contributed by atoms with Gasteiger partial charge >= 0.3 is 0 Å². The molecule has 74 valence electrons. The summed E-state index contributed by atoms with van der Waals surface area (Å²) < 4.78 is 0. The Morgan fingerprint density at radius 3 is 3.14 bits per heavy atom. The maximum atomic E-state index is 5.56. The minimum atomic E-state index is 0.349. The van der Waals surface area contributed by atoms with Gasteiger partial charge in [-0.2, -0.15) is 0 Å². The van der Waals surface area contributed by atoms with E-state index >= 15 is 0 Å². The number of hydrogen-bond donors (Lipinski definition) is 2. The van der Waals surface area contributed by atoms with Gasteiger partial charge in [-0.05, 0) is 17.0 Å². The Labute approximate surface area is 87.8 Å². The fraction of sp³-hybridized carbons (Fsp3) is 0.300. The van der Waals surface area contributed by atoms with Gasteiger partial charge in [-0.15, -0.1) is 11.8 Å². The van der Waals surface area contributed by atoms with Crippen LogP contribution in [0.1, 0.15) is 5.56 Å². The van der Waals surface area contributed by atoms with Crippen molar-refractivity contribution in [2.75, 3.05) is 6.54 Å². The Morgan fingerprint density at radius 2 is 2.50 bits per heavy atom. The third-order valence-corrected chi connectivity index (χ3v) is 3.11. The highest BCUT2D eigenvalue weighted by atomic mass is 32.2. The molecule has 0 saturated carbocycles. The lowest BCUT2D eigenvalue weighted by molar-refractivity contribution is 0.743. The standard InChI is InChI=1S/C10H13N3S/c11-5-10-13-9(7-14-10)4-8-2-1-3-12-6-8/h1-3,6-7,10,13H,4-5,11H2.